The Labute approximate surface area is 175 Å². The first-order valence-electron chi connectivity index (χ1n) is 9.92. The van der Waals surface area contributed by atoms with E-state index in [1.807, 2.05) is 48.5 Å². The van der Waals surface area contributed by atoms with Crippen molar-refractivity contribution in [2.24, 2.45) is 0 Å². The van der Waals surface area contributed by atoms with E-state index in [0.29, 0.717) is 10.9 Å². The van der Waals surface area contributed by atoms with Crippen LogP contribution in [0.25, 0.3) is 32.7 Å². The number of hydrogen-bond acceptors (Lipinski definition) is 3. The highest BCUT2D eigenvalue weighted by Gasteiger charge is 2.21. The fourth-order valence-corrected chi connectivity index (χ4v) is 4.45. The van der Waals surface area contributed by atoms with Crippen molar-refractivity contribution in [2.45, 2.75) is 12.8 Å². The van der Waals surface area contributed by atoms with Crippen LogP contribution in [0.3, 0.4) is 0 Å². The molecule has 0 bridgehead atoms. The maximum Gasteiger partial charge on any atom is 0.264 e. The zero-order valence-electron chi connectivity index (χ0n) is 16.0. The van der Waals surface area contributed by atoms with Gasteiger partial charge < -0.3 is 14.7 Å². The monoisotopic (exact) mass is 399 g/mol. The number of ether oxygens (including phenoxy) is 1. The molecule has 0 saturated carbocycles. The number of nitrogens with zero attached hydrogens (tertiary/aromatic N) is 1. The topological polar surface area (TPSA) is 32.7 Å². The third-order valence-electron chi connectivity index (χ3n) is 5.61. The van der Waals surface area contributed by atoms with Crippen LogP contribution < -0.4 is 4.74 Å². The van der Waals surface area contributed by atoms with Gasteiger partial charge in [-0.1, -0.05) is 60.7 Å². The van der Waals surface area contributed by atoms with Crippen molar-refractivity contribution in [3.8, 4) is 22.6 Å². The molecule has 5 rings (SSSR count). The van der Waals surface area contributed by atoms with E-state index in [0.717, 1.165) is 58.6 Å². The molecule has 0 aliphatic carbocycles. The highest BCUT2D eigenvalue weighted by molar-refractivity contribution is 7.80. The van der Waals surface area contributed by atoms with E-state index < -0.39 is 0 Å². The Morgan fingerprint density at radius 3 is 2.03 bits per heavy atom. The van der Waals surface area contributed by atoms with Crippen LogP contribution in [0.1, 0.15) is 12.8 Å². The third kappa shape index (κ3) is 3.19. The Hall–Kier alpha value is -3.11. The lowest BCUT2D eigenvalue weighted by atomic mass is 9.92. The van der Waals surface area contributed by atoms with Gasteiger partial charge in [0.05, 0.1) is 0 Å². The molecule has 0 atom stereocenters. The summed E-state index contributed by atoms with van der Waals surface area (Å²) in [6.45, 7) is 1.86. The zero-order valence-corrected chi connectivity index (χ0v) is 16.8. The van der Waals surface area contributed by atoms with E-state index in [4.69, 9.17) is 17.0 Å². The lowest BCUT2D eigenvalue weighted by molar-refractivity contribution is 0.407. The number of fused-ring (bicyclic) bond motifs is 2. The largest absolute Gasteiger partial charge is 0.507 e. The van der Waals surface area contributed by atoms with Crippen molar-refractivity contribution >= 4 is 38.9 Å². The summed E-state index contributed by atoms with van der Waals surface area (Å²) in [4.78, 5) is 2.11. The quantitative estimate of drug-likeness (QED) is 0.411. The van der Waals surface area contributed by atoms with E-state index in [2.05, 4.69) is 23.1 Å². The molecule has 1 heterocycles. The molecule has 0 aromatic heterocycles. The van der Waals surface area contributed by atoms with Gasteiger partial charge in [0.25, 0.3) is 5.17 Å². The first-order chi connectivity index (χ1) is 14.2. The second-order valence-electron chi connectivity index (χ2n) is 7.40. The van der Waals surface area contributed by atoms with Gasteiger partial charge in [0.1, 0.15) is 11.5 Å². The SMILES string of the molecule is Oc1ccc2ccccc2c1-c1c(OC(=S)N2CCCC2)ccc2ccccc12. The minimum Gasteiger partial charge on any atom is -0.507 e. The van der Waals surface area contributed by atoms with Crippen LogP contribution >= 0.6 is 12.2 Å². The first-order valence-corrected chi connectivity index (χ1v) is 10.3. The van der Waals surface area contributed by atoms with E-state index in [1.165, 1.54) is 0 Å². The number of likely N-dealkylation sites (tertiary alicyclic amines) is 1. The van der Waals surface area contributed by atoms with Gasteiger partial charge in [0.2, 0.25) is 0 Å². The molecule has 1 aliphatic rings. The van der Waals surface area contributed by atoms with Gasteiger partial charge in [-0.05, 0) is 58.7 Å². The zero-order chi connectivity index (χ0) is 19.8. The van der Waals surface area contributed by atoms with Crippen molar-refractivity contribution in [1.82, 2.24) is 4.90 Å². The van der Waals surface area contributed by atoms with Gasteiger partial charge in [-0.2, -0.15) is 0 Å². The summed E-state index contributed by atoms with van der Waals surface area (Å²) in [5, 5.41) is 15.6. The highest BCUT2D eigenvalue weighted by atomic mass is 32.1. The molecule has 1 saturated heterocycles. The van der Waals surface area contributed by atoms with Crippen LogP contribution in [0.2, 0.25) is 0 Å². The molecule has 1 aliphatic heterocycles. The number of benzene rings is 4. The number of hydrogen-bond donors (Lipinski definition) is 1. The van der Waals surface area contributed by atoms with E-state index in [9.17, 15) is 5.11 Å². The number of phenols is 1. The summed E-state index contributed by atoms with van der Waals surface area (Å²) in [6, 6.07) is 24.0. The second kappa shape index (κ2) is 7.37. The number of aromatic hydroxyl groups is 1. The molecular weight excluding hydrogens is 378 g/mol. The third-order valence-corrected chi connectivity index (χ3v) is 5.95. The average Bonchev–Trinajstić information content (AvgIpc) is 3.29. The predicted octanol–water partition coefficient (Wildman–Crippen LogP) is 6.13. The van der Waals surface area contributed by atoms with Gasteiger partial charge in [0, 0.05) is 24.2 Å². The van der Waals surface area contributed by atoms with Crippen molar-refractivity contribution < 1.29 is 9.84 Å². The molecule has 4 aromatic rings. The van der Waals surface area contributed by atoms with Crippen LogP contribution in [0, 0.1) is 0 Å². The summed E-state index contributed by atoms with van der Waals surface area (Å²) < 4.78 is 6.24. The van der Waals surface area contributed by atoms with Crippen molar-refractivity contribution in [3.05, 3.63) is 72.8 Å². The molecule has 4 aromatic carbocycles. The molecule has 4 heteroatoms. The summed E-state index contributed by atoms with van der Waals surface area (Å²) >= 11 is 5.60. The van der Waals surface area contributed by atoms with Crippen LogP contribution in [0.5, 0.6) is 11.5 Å². The van der Waals surface area contributed by atoms with Crippen molar-refractivity contribution in [1.29, 1.82) is 0 Å². The molecular formula is C25H21NO2S. The van der Waals surface area contributed by atoms with E-state index in [1.54, 1.807) is 6.07 Å². The van der Waals surface area contributed by atoms with Crippen molar-refractivity contribution in [2.75, 3.05) is 13.1 Å². The van der Waals surface area contributed by atoms with Gasteiger partial charge in [-0.25, -0.2) is 0 Å². The predicted molar refractivity (Wildman–Crippen MR) is 123 cm³/mol. The molecule has 144 valence electrons. The average molecular weight is 400 g/mol. The molecule has 0 amide bonds. The first kappa shape index (κ1) is 18.0. The summed E-state index contributed by atoms with van der Waals surface area (Å²) in [6.07, 6.45) is 2.27. The normalized spacial score (nSPS) is 13.9. The standard InChI is InChI=1S/C25H21NO2S/c27-21-13-11-17-7-1-3-9-19(17)23(21)24-20-10-4-2-8-18(20)12-14-22(24)28-25(29)26-15-5-6-16-26/h1-4,7-14,27H,5-6,15-16H2. The van der Waals surface area contributed by atoms with E-state index >= 15 is 0 Å². The number of phenolic OH excluding ortho intramolecular Hbond substituents is 1. The van der Waals surface area contributed by atoms with Crippen LogP contribution in [-0.2, 0) is 0 Å². The van der Waals surface area contributed by atoms with Gasteiger partial charge in [-0.15, -0.1) is 0 Å². The molecule has 1 fully saturated rings. The number of thiocarbonyl (C=S) groups is 1. The van der Waals surface area contributed by atoms with Gasteiger partial charge >= 0.3 is 0 Å². The smallest absolute Gasteiger partial charge is 0.264 e. The Bertz CT molecular complexity index is 1230. The molecule has 3 nitrogen and oxygen atoms in total. The summed E-state index contributed by atoms with van der Waals surface area (Å²) in [7, 11) is 0. The summed E-state index contributed by atoms with van der Waals surface area (Å²) in [5.74, 6) is 0.907. The van der Waals surface area contributed by atoms with E-state index in [-0.39, 0.29) is 5.75 Å². The highest BCUT2D eigenvalue weighted by Crippen LogP contribution is 2.45. The molecule has 29 heavy (non-hydrogen) atoms. The van der Waals surface area contributed by atoms with Crippen LogP contribution in [0.15, 0.2) is 72.8 Å². The number of rotatable bonds is 2. The summed E-state index contributed by atoms with van der Waals surface area (Å²) in [5.41, 5.74) is 1.65. The second-order valence-corrected chi connectivity index (χ2v) is 7.75. The molecule has 0 spiro atoms. The maximum absolute atomic E-state index is 10.9. The minimum absolute atomic E-state index is 0.233. The Morgan fingerprint density at radius 1 is 0.759 bits per heavy atom. The minimum atomic E-state index is 0.233. The van der Waals surface area contributed by atoms with Gasteiger partial charge in [-0.3, -0.25) is 0 Å². The maximum atomic E-state index is 10.9. The Morgan fingerprint density at radius 2 is 1.34 bits per heavy atom. The molecule has 0 unspecified atom stereocenters. The molecule has 0 radical (unpaired) electrons. The van der Waals surface area contributed by atoms with Crippen LogP contribution in [0.4, 0.5) is 0 Å². The lowest BCUT2D eigenvalue weighted by Gasteiger charge is -2.21. The molecule has 1 N–H and O–H groups in total. The fourth-order valence-electron chi connectivity index (χ4n) is 4.18. The van der Waals surface area contributed by atoms with Crippen molar-refractivity contribution in [3.63, 3.8) is 0 Å². The Kier molecular flexibility index (Phi) is 4.57. The lowest BCUT2D eigenvalue weighted by Crippen LogP contribution is -2.30. The Balaban J connectivity index is 1.76. The fraction of sp³-hybridized carbons (Fsp3) is 0.160. The van der Waals surface area contributed by atoms with Crippen LogP contribution in [-0.4, -0.2) is 28.3 Å². The van der Waals surface area contributed by atoms with Gasteiger partial charge in [0.15, 0.2) is 0 Å².